The Morgan fingerprint density at radius 3 is 1.22 bits per heavy atom. The Kier molecular flexibility index (Phi) is 2.84. The van der Waals surface area contributed by atoms with Gasteiger partial charge in [0.05, 0.1) is 11.4 Å². The van der Waals surface area contributed by atoms with E-state index in [9.17, 15) is 0 Å². The Morgan fingerprint density at radius 2 is 0.889 bits per heavy atom. The number of allylic oxidation sites excluding steroid dienone is 2. The Bertz CT molecular complexity index is 528. The molecule has 0 fully saturated rings. The SMILES string of the molecule is C1=C(c2ccccc2)NNC(c2ccccc2)=C1. The van der Waals surface area contributed by atoms with Gasteiger partial charge in [0.25, 0.3) is 0 Å². The third-order valence-electron chi connectivity index (χ3n) is 2.92. The Morgan fingerprint density at radius 1 is 0.500 bits per heavy atom. The Balaban J connectivity index is 1.88. The molecule has 1 aliphatic rings. The van der Waals surface area contributed by atoms with E-state index in [1.165, 1.54) is 11.1 Å². The monoisotopic (exact) mass is 234 g/mol. The van der Waals surface area contributed by atoms with E-state index >= 15 is 0 Å². The average molecular weight is 234 g/mol. The van der Waals surface area contributed by atoms with Gasteiger partial charge in [0.2, 0.25) is 0 Å². The predicted molar refractivity (Wildman–Crippen MR) is 75.1 cm³/mol. The molecule has 0 saturated heterocycles. The van der Waals surface area contributed by atoms with Crippen molar-refractivity contribution >= 4 is 11.4 Å². The van der Waals surface area contributed by atoms with Crippen LogP contribution < -0.4 is 10.9 Å². The standard InChI is InChI=1S/C16H14N2/c1-3-7-13(8-4-1)15-11-12-16(18-17-15)14-9-5-2-6-10-14/h1-12,17-18H. The van der Waals surface area contributed by atoms with E-state index < -0.39 is 0 Å². The first-order valence-electron chi connectivity index (χ1n) is 5.98. The molecule has 0 amide bonds. The fraction of sp³-hybridized carbons (Fsp3) is 0. The summed E-state index contributed by atoms with van der Waals surface area (Å²) in [7, 11) is 0. The van der Waals surface area contributed by atoms with E-state index in [0.29, 0.717) is 0 Å². The van der Waals surface area contributed by atoms with E-state index in [0.717, 1.165) is 11.4 Å². The minimum atomic E-state index is 1.08. The summed E-state index contributed by atoms with van der Waals surface area (Å²) in [5.41, 5.74) is 11.0. The molecule has 0 bridgehead atoms. The van der Waals surface area contributed by atoms with Gasteiger partial charge in [-0.3, -0.25) is 0 Å². The first-order valence-corrected chi connectivity index (χ1v) is 5.98. The molecule has 2 N–H and O–H groups in total. The zero-order chi connectivity index (χ0) is 12.2. The molecular formula is C16H14N2. The molecular weight excluding hydrogens is 220 g/mol. The molecule has 2 nitrogen and oxygen atoms in total. The highest BCUT2D eigenvalue weighted by molar-refractivity contribution is 5.75. The molecule has 1 heterocycles. The Labute approximate surface area is 107 Å². The molecule has 1 aliphatic heterocycles. The van der Waals surface area contributed by atoms with Crippen molar-refractivity contribution in [3.63, 3.8) is 0 Å². The quantitative estimate of drug-likeness (QED) is 0.834. The third-order valence-corrected chi connectivity index (χ3v) is 2.92. The molecule has 18 heavy (non-hydrogen) atoms. The topological polar surface area (TPSA) is 24.1 Å². The summed E-state index contributed by atoms with van der Waals surface area (Å²) in [6.45, 7) is 0. The second-order valence-corrected chi connectivity index (χ2v) is 4.14. The summed E-state index contributed by atoms with van der Waals surface area (Å²) in [5.74, 6) is 0. The molecule has 88 valence electrons. The zero-order valence-electron chi connectivity index (χ0n) is 9.93. The van der Waals surface area contributed by atoms with E-state index in [1.54, 1.807) is 0 Å². The summed E-state index contributed by atoms with van der Waals surface area (Å²) in [4.78, 5) is 0. The fourth-order valence-electron chi connectivity index (χ4n) is 1.96. The minimum absolute atomic E-state index is 1.08. The van der Waals surface area contributed by atoms with E-state index in [2.05, 4.69) is 47.3 Å². The van der Waals surface area contributed by atoms with Gasteiger partial charge in [-0.2, -0.15) is 0 Å². The highest BCUT2D eigenvalue weighted by Gasteiger charge is 2.07. The van der Waals surface area contributed by atoms with E-state index in [-0.39, 0.29) is 0 Å². The van der Waals surface area contributed by atoms with Crippen LogP contribution in [0, 0.1) is 0 Å². The maximum absolute atomic E-state index is 3.23. The van der Waals surface area contributed by atoms with Gasteiger partial charge < -0.3 is 10.9 Å². The van der Waals surface area contributed by atoms with Crippen molar-refractivity contribution in [3.05, 3.63) is 83.9 Å². The maximum atomic E-state index is 3.23. The highest BCUT2D eigenvalue weighted by Crippen LogP contribution is 2.18. The maximum Gasteiger partial charge on any atom is 0.0612 e. The minimum Gasteiger partial charge on any atom is -0.300 e. The van der Waals surface area contributed by atoms with Crippen LogP contribution in [0.5, 0.6) is 0 Å². The number of benzene rings is 2. The van der Waals surface area contributed by atoms with Crippen LogP contribution in [0.15, 0.2) is 72.8 Å². The molecule has 0 atom stereocenters. The van der Waals surface area contributed by atoms with Crippen molar-refractivity contribution in [2.24, 2.45) is 0 Å². The molecule has 0 unspecified atom stereocenters. The van der Waals surface area contributed by atoms with Crippen molar-refractivity contribution in [2.45, 2.75) is 0 Å². The molecule has 3 rings (SSSR count). The van der Waals surface area contributed by atoms with Gasteiger partial charge >= 0.3 is 0 Å². The third kappa shape index (κ3) is 2.13. The van der Waals surface area contributed by atoms with Crippen LogP contribution in [-0.2, 0) is 0 Å². The normalized spacial score (nSPS) is 14.0. The van der Waals surface area contributed by atoms with Crippen molar-refractivity contribution in [1.82, 2.24) is 10.9 Å². The molecule has 2 aromatic carbocycles. The van der Waals surface area contributed by atoms with Crippen LogP contribution >= 0.6 is 0 Å². The molecule has 0 aromatic heterocycles. The van der Waals surface area contributed by atoms with Gasteiger partial charge in [-0.05, 0) is 23.3 Å². The van der Waals surface area contributed by atoms with Crippen LogP contribution in [0.1, 0.15) is 11.1 Å². The van der Waals surface area contributed by atoms with Gasteiger partial charge in [-0.15, -0.1) is 0 Å². The molecule has 0 spiro atoms. The van der Waals surface area contributed by atoms with Crippen LogP contribution in [0.2, 0.25) is 0 Å². The molecule has 0 saturated carbocycles. The number of hydrogen-bond donors (Lipinski definition) is 2. The lowest BCUT2D eigenvalue weighted by atomic mass is 10.1. The highest BCUT2D eigenvalue weighted by atomic mass is 15.4. The molecule has 2 aromatic rings. The first kappa shape index (κ1) is 10.7. The number of rotatable bonds is 2. The largest absolute Gasteiger partial charge is 0.300 e. The van der Waals surface area contributed by atoms with Gasteiger partial charge in [-0.1, -0.05) is 60.7 Å². The average Bonchev–Trinajstić information content (AvgIpc) is 2.49. The summed E-state index contributed by atoms with van der Waals surface area (Å²) in [6.07, 6.45) is 4.18. The molecule has 0 radical (unpaired) electrons. The van der Waals surface area contributed by atoms with Gasteiger partial charge in [0.1, 0.15) is 0 Å². The number of hydrogen-bond acceptors (Lipinski definition) is 2. The van der Waals surface area contributed by atoms with Crippen molar-refractivity contribution in [3.8, 4) is 0 Å². The van der Waals surface area contributed by atoms with Crippen molar-refractivity contribution in [1.29, 1.82) is 0 Å². The Hall–Kier alpha value is -2.48. The van der Waals surface area contributed by atoms with Crippen molar-refractivity contribution < 1.29 is 0 Å². The van der Waals surface area contributed by atoms with Crippen LogP contribution in [0.4, 0.5) is 0 Å². The second kappa shape index (κ2) is 4.80. The first-order chi connectivity index (χ1) is 8.93. The lowest BCUT2D eigenvalue weighted by Crippen LogP contribution is -2.31. The second-order valence-electron chi connectivity index (χ2n) is 4.14. The lowest BCUT2D eigenvalue weighted by Gasteiger charge is -2.19. The molecule has 2 heteroatoms. The van der Waals surface area contributed by atoms with E-state index in [1.807, 2.05) is 36.4 Å². The summed E-state index contributed by atoms with van der Waals surface area (Å²) in [5, 5.41) is 0. The van der Waals surface area contributed by atoms with Crippen LogP contribution in [0.25, 0.3) is 11.4 Å². The van der Waals surface area contributed by atoms with E-state index in [4.69, 9.17) is 0 Å². The van der Waals surface area contributed by atoms with Gasteiger partial charge in [0.15, 0.2) is 0 Å². The van der Waals surface area contributed by atoms with Gasteiger partial charge in [0, 0.05) is 0 Å². The summed E-state index contributed by atoms with van der Waals surface area (Å²) < 4.78 is 0. The van der Waals surface area contributed by atoms with Crippen LogP contribution in [0.3, 0.4) is 0 Å². The summed E-state index contributed by atoms with van der Waals surface area (Å²) in [6, 6.07) is 20.5. The van der Waals surface area contributed by atoms with Crippen LogP contribution in [-0.4, -0.2) is 0 Å². The predicted octanol–water partition coefficient (Wildman–Crippen LogP) is 3.18. The number of hydrazine groups is 1. The van der Waals surface area contributed by atoms with Gasteiger partial charge in [-0.25, -0.2) is 0 Å². The molecule has 0 aliphatic carbocycles. The van der Waals surface area contributed by atoms with Crippen molar-refractivity contribution in [2.75, 3.05) is 0 Å². The fourth-order valence-corrected chi connectivity index (χ4v) is 1.96. The smallest absolute Gasteiger partial charge is 0.0612 e. The lowest BCUT2D eigenvalue weighted by molar-refractivity contribution is 0.807. The summed E-state index contributed by atoms with van der Waals surface area (Å²) >= 11 is 0. The number of nitrogens with one attached hydrogen (secondary N) is 2. The zero-order valence-corrected chi connectivity index (χ0v) is 9.93.